The van der Waals surface area contributed by atoms with E-state index in [-0.39, 0.29) is 24.0 Å². The summed E-state index contributed by atoms with van der Waals surface area (Å²) in [6.07, 6.45) is 11.0. The van der Waals surface area contributed by atoms with Crippen LogP contribution >= 0.6 is 24.0 Å². The van der Waals surface area contributed by atoms with E-state index in [1.54, 1.807) is 0 Å². The van der Waals surface area contributed by atoms with Crippen LogP contribution in [0.4, 0.5) is 0 Å². The Morgan fingerprint density at radius 2 is 1.82 bits per heavy atom. The van der Waals surface area contributed by atoms with Gasteiger partial charge in [-0.1, -0.05) is 32.1 Å². The first-order chi connectivity index (χ1) is 10.4. The monoisotopic (exact) mass is 421 g/mol. The van der Waals surface area contributed by atoms with Gasteiger partial charge in [0.1, 0.15) is 0 Å². The average Bonchev–Trinajstić information content (AvgIpc) is 3.32. The van der Waals surface area contributed by atoms with Crippen molar-refractivity contribution in [2.24, 2.45) is 22.7 Å². The molecule has 4 nitrogen and oxygen atoms in total. The first-order valence-electron chi connectivity index (χ1n) is 8.91. The van der Waals surface area contributed by atoms with Gasteiger partial charge >= 0.3 is 0 Å². The Hall–Kier alpha value is -0.0400. The van der Waals surface area contributed by atoms with E-state index < -0.39 is 0 Å². The van der Waals surface area contributed by atoms with Crippen LogP contribution in [-0.2, 0) is 4.74 Å². The van der Waals surface area contributed by atoms with E-state index in [0.717, 1.165) is 43.5 Å². The van der Waals surface area contributed by atoms with Gasteiger partial charge in [0.2, 0.25) is 0 Å². The number of guanidine groups is 1. The summed E-state index contributed by atoms with van der Waals surface area (Å²) in [5.74, 6) is 3.63. The molecule has 0 aromatic heterocycles. The molecule has 0 amide bonds. The van der Waals surface area contributed by atoms with Crippen molar-refractivity contribution in [2.75, 3.05) is 26.8 Å². The third kappa shape index (κ3) is 5.25. The molecule has 2 unspecified atom stereocenters. The van der Waals surface area contributed by atoms with Gasteiger partial charge in [-0.25, -0.2) is 0 Å². The minimum Gasteiger partial charge on any atom is -0.381 e. The van der Waals surface area contributed by atoms with E-state index in [9.17, 15) is 0 Å². The Morgan fingerprint density at radius 3 is 2.50 bits per heavy atom. The molecule has 5 heteroatoms. The Bertz CT molecular complexity index is 352. The molecule has 1 heterocycles. The lowest BCUT2D eigenvalue weighted by Gasteiger charge is -2.24. The topological polar surface area (TPSA) is 45.7 Å². The Kier molecular flexibility index (Phi) is 7.74. The van der Waals surface area contributed by atoms with Gasteiger partial charge in [-0.05, 0) is 37.0 Å². The highest BCUT2D eigenvalue weighted by molar-refractivity contribution is 14.0. The van der Waals surface area contributed by atoms with E-state index in [2.05, 4.69) is 15.6 Å². The summed E-state index contributed by atoms with van der Waals surface area (Å²) in [6.45, 7) is 2.87. The zero-order valence-corrected chi connectivity index (χ0v) is 16.2. The van der Waals surface area contributed by atoms with Gasteiger partial charge in [-0.3, -0.25) is 4.99 Å². The van der Waals surface area contributed by atoms with Crippen molar-refractivity contribution in [3.63, 3.8) is 0 Å². The van der Waals surface area contributed by atoms with Gasteiger partial charge in [-0.2, -0.15) is 0 Å². The number of halogens is 1. The summed E-state index contributed by atoms with van der Waals surface area (Å²) in [5.41, 5.74) is 0. The van der Waals surface area contributed by atoms with E-state index in [0.29, 0.717) is 6.04 Å². The molecule has 0 radical (unpaired) electrons. The fourth-order valence-corrected chi connectivity index (χ4v) is 4.03. The number of nitrogens with zero attached hydrogens (tertiary/aromatic N) is 1. The third-order valence-corrected chi connectivity index (χ3v) is 5.54. The highest BCUT2D eigenvalue weighted by Gasteiger charge is 2.43. The van der Waals surface area contributed by atoms with Crippen molar-refractivity contribution in [3.05, 3.63) is 0 Å². The van der Waals surface area contributed by atoms with Crippen LogP contribution in [0.15, 0.2) is 4.99 Å². The van der Waals surface area contributed by atoms with E-state index in [1.165, 1.54) is 51.4 Å². The molecule has 1 saturated heterocycles. The molecule has 3 fully saturated rings. The standard InChI is InChI=1S/C17H31N3O.HI/c1-18-17(19-12-13-7-9-21-10-8-13)20-16-11-15(16)14-5-3-2-4-6-14;/h13-16H,2-12H2,1H3,(H2,18,19,20);1H. The molecule has 2 aliphatic carbocycles. The van der Waals surface area contributed by atoms with Gasteiger partial charge in [0.05, 0.1) is 0 Å². The molecule has 0 spiro atoms. The fraction of sp³-hybridized carbons (Fsp3) is 0.941. The number of aliphatic imine (C=N–C) groups is 1. The predicted molar refractivity (Wildman–Crippen MR) is 102 cm³/mol. The molecule has 2 atom stereocenters. The summed E-state index contributed by atoms with van der Waals surface area (Å²) < 4.78 is 5.41. The zero-order valence-electron chi connectivity index (χ0n) is 13.9. The molecular weight excluding hydrogens is 389 g/mol. The Balaban J connectivity index is 0.00000176. The molecule has 3 aliphatic rings. The molecule has 2 N–H and O–H groups in total. The Morgan fingerprint density at radius 1 is 1.09 bits per heavy atom. The van der Waals surface area contributed by atoms with E-state index in [4.69, 9.17) is 4.74 Å². The number of ether oxygens (including phenoxy) is 1. The maximum atomic E-state index is 5.41. The Labute approximate surface area is 152 Å². The normalized spacial score (nSPS) is 30.5. The summed E-state index contributed by atoms with van der Waals surface area (Å²) in [6, 6.07) is 0.675. The summed E-state index contributed by atoms with van der Waals surface area (Å²) in [7, 11) is 1.89. The lowest BCUT2D eigenvalue weighted by Crippen LogP contribution is -2.42. The number of hydrogen-bond acceptors (Lipinski definition) is 2. The minimum absolute atomic E-state index is 0. The molecule has 22 heavy (non-hydrogen) atoms. The summed E-state index contributed by atoms with van der Waals surface area (Å²) in [4.78, 5) is 4.40. The number of hydrogen-bond donors (Lipinski definition) is 2. The predicted octanol–water partition coefficient (Wildman–Crippen LogP) is 3.16. The van der Waals surface area contributed by atoms with Crippen LogP contribution in [0.25, 0.3) is 0 Å². The molecule has 2 saturated carbocycles. The molecule has 1 aliphatic heterocycles. The minimum atomic E-state index is 0. The molecule has 128 valence electrons. The maximum Gasteiger partial charge on any atom is 0.191 e. The number of rotatable bonds is 4. The van der Waals surface area contributed by atoms with Crippen LogP contribution in [-0.4, -0.2) is 38.8 Å². The third-order valence-electron chi connectivity index (χ3n) is 5.54. The second kappa shape index (κ2) is 9.30. The lowest BCUT2D eigenvalue weighted by molar-refractivity contribution is 0.0675. The zero-order chi connectivity index (χ0) is 14.5. The average molecular weight is 421 g/mol. The van der Waals surface area contributed by atoms with Crippen molar-refractivity contribution in [2.45, 2.75) is 57.4 Å². The molecule has 0 aromatic rings. The maximum absolute atomic E-state index is 5.41. The molecular formula is C17H32IN3O. The van der Waals surface area contributed by atoms with Crippen LogP contribution in [0.2, 0.25) is 0 Å². The van der Waals surface area contributed by atoms with E-state index in [1.807, 2.05) is 7.05 Å². The van der Waals surface area contributed by atoms with Crippen molar-refractivity contribution in [3.8, 4) is 0 Å². The van der Waals surface area contributed by atoms with Crippen LogP contribution in [0.5, 0.6) is 0 Å². The summed E-state index contributed by atoms with van der Waals surface area (Å²) in [5, 5.41) is 7.15. The molecule has 0 aromatic carbocycles. The van der Waals surface area contributed by atoms with Crippen LogP contribution in [0, 0.1) is 17.8 Å². The van der Waals surface area contributed by atoms with Crippen LogP contribution in [0.3, 0.4) is 0 Å². The second-order valence-electron chi connectivity index (χ2n) is 7.06. The highest BCUT2D eigenvalue weighted by atomic mass is 127. The number of nitrogens with one attached hydrogen (secondary N) is 2. The van der Waals surface area contributed by atoms with Gasteiger partial charge in [0, 0.05) is 32.8 Å². The second-order valence-corrected chi connectivity index (χ2v) is 7.06. The van der Waals surface area contributed by atoms with Gasteiger partial charge < -0.3 is 15.4 Å². The van der Waals surface area contributed by atoms with Crippen molar-refractivity contribution < 1.29 is 4.74 Å². The van der Waals surface area contributed by atoms with E-state index >= 15 is 0 Å². The quantitative estimate of drug-likeness (QED) is 0.417. The van der Waals surface area contributed by atoms with Crippen molar-refractivity contribution in [1.82, 2.24) is 10.6 Å². The highest BCUT2D eigenvalue weighted by Crippen LogP contribution is 2.44. The first kappa shape index (κ1) is 18.3. The summed E-state index contributed by atoms with van der Waals surface area (Å²) >= 11 is 0. The first-order valence-corrected chi connectivity index (χ1v) is 8.91. The van der Waals surface area contributed by atoms with Gasteiger partial charge in [0.15, 0.2) is 5.96 Å². The largest absolute Gasteiger partial charge is 0.381 e. The van der Waals surface area contributed by atoms with Crippen molar-refractivity contribution >= 4 is 29.9 Å². The molecule has 0 bridgehead atoms. The van der Waals surface area contributed by atoms with Gasteiger partial charge in [-0.15, -0.1) is 24.0 Å². The van der Waals surface area contributed by atoms with Gasteiger partial charge in [0.25, 0.3) is 0 Å². The van der Waals surface area contributed by atoms with Crippen LogP contribution < -0.4 is 10.6 Å². The lowest BCUT2D eigenvalue weighted by atomic mass is 9.85. The molecule has 3 rings (SSSR count). The smallest absolute Gasteiger partial charge is 0.191 e. The SMILES string of the molecule is CN=C(NCC1CCOCC1)NC1CC1C1CCCCC1.I. The van der Waals surface area contributed by atoms with Crippen molar-refractivity contribution in [1.29, 1.82) is 0 Å². The fourth-order valence-electron chi connectivity index (χ4n) is 4.03. The van der Waals surface area contributed by atoms with Crippen LogP contribution in [0.1, 0.15) is 51.4 Å².